The second-order valence-electron chi connectivity index (χ2n) is 7.60. The largest absolute Gasteiger partial charge is 0.290 e. The third-order valence-electron chi connectivity index (χ3n) is 5.24. The van der Waals surface area contributed by atoms with Crippen LogP contribution in [0.5, 0.6) is 0 Å². The standard InChI is InChI=1S/C22H20F2N4O3S/c1-13-2-5-17(24)11-20(13)32(30,31)28-18-8-9-19-15(10-18)12-25-22(26-19)27-21(29)14-3-6-16(23)7-4-14/h2-7,11-12,18,28H,8-10H2,1H3,(H,25,26,27,29). The lowest BCUT2D eigenvalue weighted by atomic mass is 9.94. The van der Waals surface area contributed by atoms with Crippen molar-refractivity contribution in [3.8, 4) is 0 Å². The van der Waals surface area contributed by atoms with Gasteiger partial charge in [0.25, 0.3) is 5.91 Å². The number of amides is 1. The van der Waals surface area contributed by atoms with Crippen molar-refractivity contribution >= 4 is 21.9 Å². The minimum absolute atomic E-state index is 0.0848. The van der Waals surface area contributed by atoms with E-state index in [2.05, 4.69) is 20.0 Å². The Balaban J connectivity index is 1.45. The first-order chi connectivity index (χ1) is 15.2. The maximum atomic E-state index is 13.6. The molecule has 2 N–H and O–H groups in total. The molecule has 1 aromatic heterocycles. The lowest BCUT2D eigenvalue weighted by Crippen LogP contribution is -2.39. The number of nitrogens with one attached hydrogen (secondary N) is 2. The lowest BCUT2D eigenvalue weighted by Gasteiger charge is -2.25. The van der Waals surface area contributed by atoms with E-state index in [4.69, 9.17) is 0 Å². The van der Waals surface area contributed by atoms with Gasteiger partial charge in [0, 0.05) is 23.5 Å². The minimum Gasteiger partial charge on any atom is -0.290 e. The molecule has 1 aliphatic carbocycles. The number of hydrogen-bond donors (Lipinski definition) is 2. The minimum atomic E-state index is -3.89. The van der Waals surface area contributed by atoms with Crippen LogP contribution in [0.15, 0.2) is 53.6 Å². The van der Waals surface area contributed by atoms with Crippen LogP contribution in [0.3, 0.4) is 0 Å². The molecule has 10 heteroatoms. The van der Waals surface area contributed by atoms with E-state index in [0.29, 0.717) is 30.5 Å². The number of aromatic nitrogens is 2. The molecule has 2 aromatic carbocycles. The van der Waals surface area contributed by atoms with Gasteiger partial charge in [-0.15, -0.1) is 0 Å². The topological polar surface area (TPSA) is 101 Å². The summed E-state index contributed by atoms with van der Waals surface area (Å²) >= 11 is 0. The maximum absolute atomic E-state index is 13.6. The Bertz CT molecular complexity index is 1280. The highest BCUT2D eigenvalue weighted by molar-refractivity contribution is 7.89. The van der Waals surface area contributed by atoms with Crippen LogP contribution in [0.25, 0.3) is 0 Å². The highest BCUT2D eigenvalue weighted by atomic mass is 32.2. The zero-order valence-corrected chi connectivity index (χ0v) is 17.9. The van der Waals surface area contributed by atoms with Crippen LogP contribution in [0.1, 0.15) is 33.6 Å². The first kappa shape index (κ1) is 22.0. The fourth-order valence-electron chi connectivity index (χ4n) is 3.59. The van der Waals surface area contributed by atoms with Crippen molar-refractivity contribution in [2.45, 2.75) is 37.1 Å². The molecule has 0 bridgehead atoms. The highest BCUT2D eigenvalue weighted by Gasteiger charge is 2.27. The zero-order valence-electron chi connectivity index (χ0n) is 17.1. The Labute approximate surface area is 184 Å². The van der Waals surface area contributed by atoms with E-state index in [-0.39, 0.29) is 16.4 Å². The number of fused-ring (bicyclic) bond motifs is 1. The molecule has 1 aliphatic rings. The number of halogens is 2. The maximum Gasteiger partial charge on any atom is 0.258 e. The summed E-state index contributed by atoms with van der Waals surface area (Å²) in [5, 5.41) is 2.58. The molecule has 166 valence electrons. The fraction of sp³-hybridized carbons (Fsp3) is 0.227. The Kier molecular flexibility index (Phi) is 5.98. The summed E-state index contributed by atoms with van der Waals surface area (Å²) in [6, 6.07) is 8.36. The summed E-state index contributed by atoms with van der Waals surface area (Å²) in [5.41, 5.74) is 2.21. The Hall–Kier alpha value is -3.24. The average Bonchev–Trinajstić information content (AvgIpc) is 2.75. The van der Waals surface area contributed by atoms with Gasteiger partial charge in [0.05, 0.1) is 4.90 Å². The van der Waals surface area contributed by atoms with Crippen molar-refractivity contribution in [3.63, 3.8) is 0 Å². The van der Waals surface area contributed by atoms with Gasteiger partial charge in [-0.3, -0.25) is 10.1 Å². The lowest BCUT2D eigenvalue weighted by molar-refractivity contribution is 0.102. The first-order valence-corrected chi connectivity index (χ1v) is 11.4. The molecule has 7 nitrogen and oxygen atoms in total. The molecule has 4 rings (SSSR count). The van der Waals surface area contributed by atoms with Gasteiger partial charge in [0.1, 0.15) is 11.6 Å². The van der Waals surface area contributed by atoms with Crippen molar-refractivity contribution in [1.82, 2.24) is 14.7 Å². The zero-order chi connectivity index (χ0) is 22.9. The number of rotatable bonds is 5. The average molecular weight is 458 g/mol. The molecule has 3 aromatic rings. The molecule has 1 atom stereocenters. The molecule has 0 saturated carbocycles. The molecule has 0 spiro atoms. The molecule has 1 heterocycles. The van der Waals surface area contributed by atoms with E-state index < -0.39 is 33.6 Å². The third kappa shape index (κ3) is 4.81. The summed E-state index contributed by atoms with van der Waals surface area (Å²) in [6.45, 7) is 1.61. The van der Waals surface area contributed by atoms with E-state index in [0.717, 1.165) is 11.6 Å². The van der Waals surface area contributed by atoms with Crippen molar-refractivity contribution in [2.24, 2.45) is 0 Å². The quantitative estimate of drug-likeness (QED) is 0.612. The van der Waals surface area contributed by atoms with Crippen LogP contribution >= 0.6 is 0 Å². The van der Waals surface area contributed by atoms with E-state index in [1.54, 1.807) is 13.1 Å². The summed E-state index contributed by atoms with van der Waals surface area (Å²) < 4.78 is 54.7. The summed E-state index contributed by atoms with van der Waals surface area (Å²) in [6.07, 6.45) is 2.89. The van der Waals surface area contributed by atoms with Gasteiger partial charge >= 0.3 is 0 Å². The van der Waals surface area contributed by atoms with Gasteiger partial charge in [-0.25, -0.2) is 31.9 Å². The van der Waals surface area contributed by atoms with Gasteiger partial charge in [-0.05, 0) is 73.7 Å². The second kappa shape index (κ2) is 8.71. The highest BCUT2D eigenvalue weighted by Crippen LogP contribution is 2.23. The molecule has 1 amide bonds. The predicted molar refractivity (Wildman–Crippen MR) is 114 cm³/mol. The SMILES string of the molecule is Cc1ccc(F)cc1S(=O)(=O)NC1CCc2nc(NC(=O)c3ccc(F)cc3)ncc2C1. The number of carbonyl (C=O) groups is 1. The van der Waals surface area contributed by atoms with Crippen LogP contribution in [0.2, 0.25) is 0 Å². The van der Waals surface area contributed by atoms with E-state index in [1.807, 2.05) is 0 Å². The molecule has 0 saturated heterocycles. The van der Waals surface area contributed by atoms with Crippen molar-refractivity contribution < 1.29 is 22.0 Å². The number of anilines is 1. The Morgan fingerprint density at radius 2 is 1.81 bits per heavy atom. The molecular formula is C22H20F2N4O3S. The molecule has 0 radical (unpaired) electrons. The first-order valence-electron chi connectivity index (χ1n) is 9.91. The van der Waals surface area contributed by atoms with Gasteiger partial charge in [0.15, 0.2) is 0 Å². The number of hydrogen-bond acceptors (Lipinski definition) is 5. The van der Waals surface area contributed by atoms with E-state index in [1.165, 1.54) is 36.4 Å². The number of sulfonamides is 1. The van der Waals surface area contributed by atoms with Crippen molar-refractivity contribution in [3.05, 3.63) is 82.7 Å². The van der Waals surface area contributed by atoms with Crippen molar-refractivity contribution in [1.29, 1.82) is 0 Å². The number of benzene rings is 2. The monoisotopic (exact) mass is 458 g/mol. The third-order valence-corrected chi connectivity index (χ3v) is 6.91. The molecular weight excluding hydrogens is 438 g/mol. The second-order valence-corrected chi connectivity index (χ2v) is 9.28. The molecule has 32 heavy (non-hydrogen) atoms. The Morgan fingerprint density at radius 1 is 1.09 bits per heavy atom. The molecule has 1 unspecified atom stereocenters. The summed E-state index contributed by atoms with van der Waals surface area (Å²) in [5.74, 6) is -1.40. The van der Waals surface area contributed by atoms with Crippen LogP contribution < -0.4 is 10.0 Å². The van der Waals surface area contributed by atoms with Gasteiger partial charge in [-0.2, -0.15) is 0 Å². The van der Waals surface area contributed by atoms with Gasteiger partial charge < -0.3 is 0 Å². The van der Waals surface area contributed by atoms with Crippen LogP contribution in [0.4, 0.5) is 14.7 Å². The Morgan fingerprint density at radius 3 is 2.56 bits per heavy atom. The van der Waals surface area contributed by atoms with Crippen LogP contribution in [0, 0.1) is 18.6 Å². The number of aryl methyl sites for hydroxylation is 2. The van der Waals surface area contributed by atoms with Gasteiger partial charge in [0.2, 0.25) is 16.0 Å². The predicted octanol–water partition coefficient (Wildman–Crippen LogP) is 3.15. The smallest absolute Gasteiger partial charge is 0.258 e. The van der Waals surface area contributed by atoms with Gasteiger partial charge in [-0.1, -0.05) is 6.07 Å². The number of carbonyl (C=O) groups excluding carboxylic acids is 1. The molecule has 0 fully saturated rings. The van der Waals surface area contributed by atoms with Crippen molar-refractivity contribution in [2.75, 3.05) is 5.32 Å². The van der Waals surface area contributed by atoms with Crippen LogP contribution in [-0.4, -0.2) is 30.3 Å². The normalized spacial score (nSPS) is 15.8. The summed E-state index contributed by atoms with van der Waals surface area (Å²) in [7, 11) is -3.89. The molecule has 0 aliphatic heterocycles. The fourth-order valence-corrected chi connectivity index (χ4v) is 5.12. The number of nitrogens with zero attached hydrogens (tertiary/aromatic N) is 2. The van der Waals surface area contributed by atoms with E-state index in [9.17, 15) is 22.0 Å². The van der Waals surface area contributed by atoms with E-state index >= 15 is 0 Å². The van der Waals surface area contributed by atoms with Crippen LogP contribution in [-0.2, 0) is 22.9 Å². The summed E-state index contributed by atoms with van der Waals surface area (Å²) in [4.78, 5) is 20.7.